The van der Waals surface area contributed by atoms with Crippen molar-refractivity contribution >= 4 is 10.0 Å². The van der Waals surface area contributed by atoms with Gasteiger partial charge in [0, 0.05) is 6.07 Å². The van der Waals surface area contributed by atoms with Crippen molar-refractivity contribution in [3.63, 3.8) is 0 Å². The highest BCUT2D eigenvalue weighted by Gasteiger charge is 2.10. The topological polar surface area (TPSA) is 55.4 Å². The minimum Gasteiger partial charge on any atom is -0.497 e. The van der Waals surface area contributed by atoms with Crippen molar-refractivity contribution in [3.05, 3.63) is 24.3 Å². The largest absolute Gasteiger partial charge is 0.497 e. The lowest BCUT2D eigenvalue weighted by Gasteiger charge is -2.04. The van der Waals surface area contributed by atoms with Crippen LogP contribution >= 0.6 is 0 Å². The molecule has 0 spiro atoms. The number of hydrogen-bond donors (Lipinski definition) is 1. The highest BCUT2D eigenvalue weighted by atomic mass is 32.2. The minimum absolute atomic E-state index is 0.203. The number of sulfonamides is 1. The third-order valence-electron chi connectivity index (χ3n) is 1.62. The van der Waals surface area contributed by atoms with Crippen LogP contribution in [0.5, 0.6) is 5.75 Å². The Morgan fingerprint density at radius 1 is 1.38 bits per heavy atom. The molecule has 1 aromatic carbocycles. The summed E-state index contributed by atoms with van der Waals surface area (Å²) in [4.78, 5) is 0.203. The van der Waals surface area contributed by atoms with E-state index in [0.717, 1.165) is 0 Å². The van der Waals surface area contributed by atoms with Crippen LogP contribution in [-0.4, -0.2) is 22.6 Å². The summed E-state index contributed by atoms with van der Waals surface area (Å²) >= 11 is 0. The van der Waals surface area contributed by atoms with E-state index in [1.807, 2.05) is 0 Å². The van der Waals surface area contributed by atoms with Gasteiger partial charge in [0.15, 0.2) is 0 Å². The molecule has 0 saturated heterocycles. The van der Waals surface area contributed by atoms with Gasteiger partial charge < -0.3 is 4.74 Å². The predicted octanol–water partition coefficient (Wildman–Crippen LogP) is 0.603. The highest BCUT2D eigenvalue weighted by molar-refractivity contribution is 7.89. The van der Waals surface area contributed by atoms with E-state index in [4.69, 9.17) is 4.74 Å². The summed E-state index contributed by atoms with van der Waals surface area (Å²) in [6, 6.07) is 6.29. The molecule has 0 aliphatic carbocycles. The van der Waals surface area contributed by atoms with Gasteiger partial charge in [0.2, 0.25) is 10.0 Å². The van der Waals surface area contributed by atoms with Gasteiger partial charge in [-0.25, -0.2) is 13.1 Å². The number of ether oxygens (including phenoxy) is 1. The van der Waals surface area contributed by atoms with Gasteiger partial charge in [-0.05, 0) is 19.2 Å². The first-order valence-electron chi connectivity index (χ1n) is 3.68. The molecule has 4 nitrogen and oxygen atoms in total. The molecule has 1 rings (SSSR count). The zero-order chi connectivity index (χ0) is 9.90. The Morgan fingerprint density at radius 2 is 2.08 bits per heavy atom. The van der Waals surface area contributed by atoms with E-state index in [-0.39, 0.29) is 4.90 Å². The molecule has 72 valence electrons. The Balaban J connectivity index is 3.17. The van der Waals surface area contributed by atoms with Crippen LogP contribution in [0.1, 0.15) is 0 Å². The second-order valence-corrected chi connectivity index (χ2v) is 4.27. The van der Waals surface area contributed by atoms with Crippen molar-refractivity contribution in [2.24, 2.45) is 0 Å². The van der Waals surface area contributed by atoms with Crippen LogP contribution in [0.3, 0.4) is 0 Å². The number of rotatable bonds is 3. The van der Waals surface area contributed by atoms with Crippen LogP contribution < -0.4 is 9.46 Å². The second kappa shape index (κ2) is 3.76. The summed E-state index contributed by atoms with van der Waals surface area (Å²) in [6.45, 7) is 0. The summed E-state index contributed by atoms with van der Waals surface area (Å²) < 4.78 is 29.7. The van der Waals surface area contributed by atoms with Gasteiger partial charge in [-0.15, -0.1) is 0 Å². The Bertz CT molecular complexity index is 386. The Kier molecular flexibility index (Phi) is 2.90. The van der Waals surface area contributed by atoms with Gasteiger partial charge in [-0.1, -0.05) is 6.07 Å². The normalized spacial score (nSPS) is 11.2. The van der Waals surface area contributed by atoms with Gasteiger partial charge in [0.1, 0.15) is 5.75 Å². The molecule has 0 amide bonds. The molecule has 1 aromatic rings. The quantitative estimate of drug-likeness (QED) is 0.779. The maximum absolute atomic E-state index is 11.3. The molecule has 0 unspecified atom stereocenters. The number of benzene rings is 1. The van der Waals surface area contributed by atoms with E-state index in [0.29, 0.717) is 5.75 Å². The molecule has 5 heteroatoms. The molecular formula is C8H11NO3S. The van der Waals surface area contributed by atoms with E-state index in [9.17, 15) is 8.42 Å². The van der Waals surface area contributed by atoms with Crippen molar-refractivity contribution in [2.75, 3.05) is 14.2 Å². The first-order chi connectivity index (χ1) is 6.10. The first kappa shape index (κ1) is 10.0. The molecule has 0 bridgehead atoms. The van der Waals surface area contributed by atoms with Gasteiger partial charge >= 0.3 is 0 Å². The smallest absolute Gasteiger partial charge is 0.240 e. The van der Waals surface area contributed by atoms with Gasteiger partial charge in [-0.2, -0.15) is 0 Å². The van der Waals surface area contributed by atoms with Crippen LogP contribution in [0.4, 0.5) is 0 Å². The average Bonchev–Trinajstić information content (AvgIpc) is 2.18. The first-order valence-corrected chi connectivity index (χ1v) is 5.16. The fraction of sp³-hybridized carbons (Fsp3) is 0.250. The van der Waals surface area contributed by atoms with Crippen molar-refractivity contribution in [3.8, 4) is 5.75 Å². The lowest BCUT2D eigenvalue weighted by molar-refractivity contribution is 0.413. The molecule has 0 fully saturated rings. The summed E-state index contributed by atoms with van der Waals surface area (Å²) in [7, 11) is -0.500. The van der Waals surface area contributed by atoms with Crippen LogP contribution in [0.2, 0.25) is 0 Å². The molecule has 0 aromatic heterocycles. The maximum Gasteiger partial charge on any atom is 0.240 e. The number of nitrogens with one attached hydrogen (secondary N) is 1. The standard InChI is InChI=1S/C8H11NO3S/c1-9-13(10,11)8-5-3-4-7(6-8)12-2/h3-6,9H,1-2H3. The van der Waals surface area contributed by atoms with Crippen molar-refractivity contribution in [1.29, 1.82) is 0 Å². The van der Waals surface area contributed by atoms with Crippen LogP contribution in [0, 0.1) is 0 Å². The number of hydrogen-bond acceptors (Lipinski definition) is 3. The summed E-state index contributed by atoms with van der Waals surface area (Å²) in [5.74, 6) is 0.524. The number of methoxy groups -OCH3 is 1. The average molecular weight is 201 g/mol. The van der Waals surface area contributed by atoms with Crippen LogP contribution in [-0.2, 0) is 10.0 Å². The monoisotopic (exact) mass is 201 g/mol. The van der Waals surface area contributed by atoms with E-state index in [1.54, 1.807) is 12.1 Å². The van der Waals surface area contributed by atoms with E-state index >= 15 is 0 Å². The molecule has 0 aliphatic rings. The maximum atomic E-state index is 11.3. The van der Waals surface area contributed by atoms with Crippen LogP contribution in [0.15, 0.2) is 29.2 Å². The van der Waals surface area contributed by atoms with E-state index in [1.165, 1.54) is 26.3 Å². The Hall–Kier alpha value is -1.07. The fourth-order valence-electron chi connectivity index (χ4n) is 0.886. The SMILES string of the molecule is CNS(=O)(=O)c1cccc(OC)c1. The zero-order valence-corrected chi connectivity index (χ0v) is 8.26. The fourth-order valence-corrected chi connectivity index (χ4v) is 1.65. The van der Waals surface area contributed by atoms with Gasteiger partial charge in [-0.3, -0.25) is 0 Å². The van der Waals surface area contributed by atoms with E-state index < -0.39 is 10.0 Å². The molecule has 0 heterocycles. The van der Waals surface area contributed by atoms with Crippen molar-refractivity contribution in [1.82, 2.24) is 4.72 Å². The zero-order valence-electron chi connectivity index (χ0n) is 7.44. The lowest BCUT2D eigenvalue weighted by Crippen LogP contribution is -2.18. The van der Waals surface area contributed by atoms with Crippen LogP contribution in [0.25, 0.3) is 0 Å². The minimum atomic E-state index is -3.36. The van der Waals surface area contributed by atoms with Crippen molar-refractivity contribution < 1.29 is 13.2 Å². The molecule has 0 radical (unpaired) electrons. The summed E-state index contributed by atoms with van der Waals surface area (Å²) in [5, 5.41) is 0. The molecule has 0 saturated carbocycles. The summed E-state index contributed by atoms with van der Waals surface area (Å²) in [5.41, 5.74) is 0. The van der Waals surface area contributed by atoms with E-state index in [2.05, 4.69) is 4.72 Å². The molecule has 1 N–H and O–H groups in total. The van der Waals surface area contributed by atoms with Gasteiger partial charge in [0.05, 0.1) is 12.0 Å². The Labute approximate surface area is 77.6 Å². The second-order valence-electron chi connectivity index (χ2n) is 2.39. The summed E-state index contributed by atoms with van der Waals surface area (Å²) in [6.07, 6.45) is 0. The van der Waals surface area contributed by atoms with Gasteiger partial charge in [0.25, 0.3) is 0 Å². The third-order valence-corrected chi connectivity index (χ3v) is 3.03. The molecule has 0 atom stereocenters. The third kappa shape index (κ3) is 2.19. The molecule has 13 heavy (non-hydrogen) atoms. The Morgan fingerprint density at radius 3 is 2.62 bits per heavy atom. The highest BCUT2D eigenvalue weighted by Crippen LogP contribution is 2.16. The molecule has 0 aliphatic heterocycles. The predicted molar refractivity (Wildman–Crippen MR) is 49.2 cm³/mol. The molecular weight excluding hydrogens is 190 g/mol. The lowest BCUT2D eigenvalue weighted by atomic mass is 10.3. The van der Waals surface area contributed by atoms with Crippen molar-refractivity contribution in [2.45, 2.75) is 4.90 Å².